The van der Waals surface area contributed by atoms with Gasteiger partial charge in [-0.25, -0.2) is 0 Å². The van der Waals surface area contributed by atoms with Crippen LogP contribution < -0.4 is 5.32 Å². The Morgan fingerprint density at radius 3 is 3.06 bits per heavy atom. The van der Waals surface area contributed by atoms with Crippen molar-refractivity contribution in [2.75, 3.05) is 6.54 Å². The fourth-order valence-electron chi connectivity index (χ4n) is 2.04. The van der Waals surface area contributed by atoms with Crippen molar-refractivity contribution >= 4 is 23.2 Å². The van der Waals surface area contributed by atoms with Crippen molar-refractivity contribution in [1.82, 2.24) is 10.2 Å². The highest BCUT2D eigenvalue weighted by Gasteiger charge is 2.22. The van der Waals surface area contributed by atoms with Gasteiger partial charge in [0, 0.05) is 12.6 Å². The molecule has 1 saturated heterocycles. The van der Waals surface area contributed by atoms with Gasteiger partial charge in [0.2, 0.25) is 0 Å². The van der Waals surface area contributed by atoms with Crippen molar-refractivity contribution in [3.8, 4) is 0 Å². The lowest BCUT2D eigenvalue weighted by Gasteiger charge is -2.35. The summed E-state index contributed by atoms with van der Waals surface area (Å²) in [5.74, 6) is 0.00906. The third kappa shape index (κ3) is 2.85. The fraction of sp³-hybridized carbons (Fsp3) is 0.500. The molecule has 1 fully saturated rings. The largest absolute Gasteiger partial charge is 0.459 e. The minimum absolute atomic E-state index is 0.280. The molecule has 1 aromatic rings. The molecule has 0 saturated carbocycles. The Hall–Kier alpha value is -1.36. The summed E-state index contributed by atoms with van der Waals surface area (Å²) >= 11 is 5.25. The van der Waals surface area contributed by atoms with Gasteiger partial charge in [-0.05, 0) is 50.5 Å². The Balaban J connectivity index is 1.94. The highest BCUT2D eigenvalue weighted by atomic mass is 32.1. The second kappa shape index (κ2) is 5.31. The van der Waals surface area contributed by atoms with Gasteiger partial charge in [-0.2, -0.15) is 0 Å². The van der Waals surface area contributed by atoms with Crippen LogP contribution in [-0.4, -0.2) is 28.5 Å². The number of rotatable bonds is 1. The smallest absolute Gasteiger partial charge is 0.293 e. The van der Waals surface area contributed by atoms with E-state index < -0.39 is 0 Å². The third-order valence-electron chi connectivity index (χ3n) is 3.03. The second-order valence-electron chi connectivity index (χ2n) is 4.27. The number of hydrogen-bond donors (Lipinski definition) is 1. The van der Waals surface area contributed by atoms with Crippen LogP contribution in [0.5, 0.6) is 0 Å². The topological polar surface area (TPSA) is 45.5 Å². The number of likely N-dealkylation sites (tertiary alicyclic amines) is 1. The van der Waals surface area contributed by atoms with E-state index in [0.29, 0.717) is 11.2 Å². The summed E-state index contributed by atoms with van der Waals surface area (Å²) in [5, 5.41) is 3.21. The molecule has 0 bridgehead atoms. The van der Waals surface area contributed by atoms with Gasteiger partial charge in [-0.3, -0.25) is 10.1 Å². The van der Waals surface area contributed by atoms with Gasteiger partial charge in [0.15, 0.2) is 10.9 Å². The number of nitrogens with one attached hydrogen (secondary N) is 1. The van der Waals surface area contributed by atoms with Crippen LogP contribution in [0.1, 0.15) is 36.7 Å². The zero-order valence-corrected chi connectivity index (χ0v) is 10.6. The van der Waals surface area contributed by atoms with Gasteiger partial charge in [-0.15, -0.1) is 0 Å². The predicted octanol–water partition coefficient (Wildman–Crippen LogP) is 2.17. The van der Waals surface area contributed by atoms with E-state index in [1.165, 1.54) is 12.7 Å². The molecular weight excluding hydrogens is 236 g/mol. The Labute approximate surface area is 106 Å². The zero-order chi connectivity index (χ0) is 12.3. The van der Waals surface area contributed by atoms with Crippen LogP contribution in [0.4, 0.5) is 0 Å². The van der Waals surface area contributed by atoms with Gasteiger partial charge >= 0.3 is 0 Å². The lowest BCUT2D eigenvalue weighted by atomic mass is 10.0. The van der Waals surface area contributed by atoms with Gasteiger partial charge in [-0.1, -0.05) is 0 Å². The molecule has 1 aliphatic heterocycles. The summed E-state index contributed by atoms with van der Waals surface area (Å²) in [7, 11) is 0. The van der Waals surface area contributed by atoms with E-state index in [2.05, 4.69) is 17.1 Å². The minimum atomic E-state index is -0.280. The van der Waals surface area contributed by atoms with Gasteiger partial charge in [0.1, 0.15) is 0 Å². The molecule has 0 unspecified atom stereocenters. The quantitative estimate of drug-likeness (QED) is 0.778. The van der Waals surface area contributed by atoms with Crippen LogP contribution >= 0.6 is 12.2 Å². The van der Waals surface area contributed by atoms with Crippen molar-refractivity contribution in [2.45, 2.75) is 32.2 Å². The van der Waals surface area contributed by atoms with E-state index in [9.17, 15) is 4.79 Å². The lowest BCUT2D eigenvalue weighted by Crippen LogP contribution is -2.48. The second-order valence-corrected chi connectivity index (χ2v) is 4.66. The monoisotopic (exact) mass is 252 g/mol. The zero-order valence-electron chi connectivity index (χ0n) is 9.81. The highest BCUT2D eigenvalue weighted by Crippen LogP contribution is 2.16. The summed E-state index contributed by atoms with van der Waals surface area (Å²) in [6, 6.07) is 3.70. The van der Waals surface area contributed by atoms with Crippen molar-refractivity contribution in [1.29, 1.82) is 0 Å². The number of thiocarbonyl (C=S) groups is 1. The predicted molar refractivity (Wildman–Crippen MR) is 68.8 cm³/mol. The maximum atomic E-state index is 11.7. The first-order valence-electron chi connectivity index (χ1n) is 5.84. The van der Waals surface area contributed by atoms with E-state index in [1.807, 2.05) is 0 Å². The highest BCUT2D eigenvalue weighted by molar-refractivity contribution is 7.80. The lowest BCUT2D eigenvalue weighted by molar-refractivity contribution is 0.0943. The number of carbonyl (C=O) groups excluding carboxylic acids is 1. The van der Waals surface area contributed by atoms with Gasteiger partial charge in [0.05, 0.1) is 6.26 Å². The first-order chi connectivity index (χ1) is 8.18. The molecule has 5 heteroatoms. The molecule has 2 rings (SSSR count). The van der Waals surface area contributed by atoms with Crippen molar-refractivity contribution in [3.05, 3.63) is 24.2 Å². The fourth-order valence-corrected chi connectivity index (χ4v) is 2.40. The van der Waals surface area contributed by atoms with Crippen molar-refractivity contribution in [3.63, 3.8) is 0 Å². The molecule has 92 valence electrons. The van der Waals surface area contributed by atoms with Crippen molar-refractivity contribution in [2.24, 2.45) is 0 Å². The third-order valence-corrected chi connectivity index (χ3v) is 3.37. The summed E-state index contributed by atoms with van der Waals surface area (Å²) in [6.07, 6.45) is 4.95. The Morgan fingerprint density at radius 1 is 1.59 bits per heavy atom. The van der Waals surface area contributed by atoms with E-state index in [1.54, 1.807) is 12.1 Å². The molecule has 0 spiro atoms. The standard InChI is InChI=1S/C12H16N2O2S/c1-9-5-2-3-7-14(9)12(17)13-11(15)10-6-4-8-16-10/h4,6,8-9H,2-3,5,7H2,1H3,(H,13,15,17)/t9-/m1/s1. The van der Waals surface area contributed by atoms with Crippen LogP contribution in [0.15, 0.2) is 22.8 Å². The average Bonchev–Trinajstić information content (AvgIpc) is 2.82. The maximum absolute atomic E-state index is 11.7. The summed E-state index contributed by atoms with van der Waals surface area (Å²) in [4.78, 5) is 13.8. The van der Waals surface area contributed by atoms with Crippen LogP contribution in [-0.2, 0) is 0 Å². The van der Waals surface area contributed by atoms with E-state index >= 15 is 0 Å². The number of nitrogens with zero attached hydrogens (tertiary/aromatic N) is 1. The molecule has 1 atom stereocenters. The van der Waals surface area contributed by atoms with E-state index in [0.717, 1.165) is 19.4 Å². The summed E-state index contributed by atoms with van der Waals surface area (Å²) in [5.41, 5.74) is 0. The van der Waals surface area contributed by atoms with E-state index in [-0.39, 0.29) is 11.7 Å². The molecule has 1 N–H and O–H groups in total. The molecule has 0 aliphatic carbocycles. The van der Waals surface area contributed by atoms with Gasteiger partial charge < -0.3 is 9.32 Å². The normalized spacial score (nSPS) is 20.1. The molecule has 1 aliphatic rings. The van der Waals surface area contributed by atoms with Crippen LogP contribution in [0.2, 0.25) is 0 Å². The number of carbonyl (C=O) groups is 1. The van der Waals surface area contributed by atoms with Crippen LogP contribution in [0.3, 0.4) is 0 Å². The minimum Gasteiger partial charge on any atom is -0.459 e. The first-order valence-corrected chi connectivity index (χ1v) is 6.25. The maximum Gasteiger partial charge on any atom is 0.293 e. The molecular formula is C12H16N2O2S. The molecule has 1 aromatic heterocycles. The molecule has 2 heterocycles. The number of piperidine rings is 1. The number of hydrogen-bond acceptors (Lipinski definition) is 3. The SMILES string of the molecule is C[C@@H]1CCCCN1C(=S)NC(=O)c1ccco1. The number of amides is 1. The summed E-state index contributed by atoms with van der Waals surface area (Å²) in [6.45, 7) is 3.04. The molecule has 0 aromatic carbocycles. The number of furan rings is 1. The molecule has 4 nitrogen and oxygen atoms in total. The van der Waals surface area contributed by atoms with E-state index in [4.69, 9.17) is 16.6 Å². The molecule has 0 radical (unpaired) electrons. The van der Waals surface area contributed by atoms with Crippen LogP contribution in [0.25, 0.3) is 0 Å². The molecule has 17 heavy (non-hydrogen) atoms. The van der Waals surface area contributed by atoms with Crippen LogP contribution in [0, 0.1) is 0 Å². The Kier molecular flexibility index (Phi) is 3.78. The van der Waals surface area contributed by atoms with Gasteiger partial charge in [0.25, 0.3) is 5.91 Å². The van der Waals surface area contributed by atoms with Crippen molar-refractivity contribution < 1.29 is 9.21 Å². The first kappa shape index (κ1) is 12.1. The average molecular weight is 252 g/mol. The Bertz CT molecular complexity index is 403. The summed E-state index contributed by atoms with van der Waals surface area (Å²) < 4.78 is 5.02. The molecule has 1 amide bonds. The Morgan fingerprint density at radius 2 is 2.41 bits per heavy atom.